The Bertz CT molecular complexity index is 662. The molecule has 0 radical (unpaired) electrons. The fourth-order valence-electron chi connectivity index (χ4n) is 1.40. The number of hydrogen-bond acceptors (Lipinski definition) is 4. The van der Waals surface area contributed by atoms with Gasteiger partial charge in [0, 0.05) is 18.3 Å². The summed E-state index contributed by atoms with van der Waals surface area (Å²) in [5, 5.41) is 3.77. The number of aliphatic imine (C=N–C) groups is 1. The molecule has 0 aliphatic heterocycles. The first kappa shape index (κ1) is 16.4. The quantitative estimate of drug-likeness (QED) is 0.610. The number of halogens is 2. The minimum absolute atomic E-state index is 0.350. The molecule has 0 aliphatic rings. The summed E-state index contributed by atoms with van der Waals surface area (Å²) in [4.78, 5) is 15.9. The van der Waals surface area contributed by atoms with Crippen LogP contribution in [0.15, 0.2) is 59.3 Å². The third-order valence-electron chi connectivity index (χ3n) is 2.47. The molecule has 2 N–H and O–H groups in total. The minimum Gasteiger partial charge on any atom is -0.327 e. The van der Waals surface area contributed by atoms with Crippen molar-refractivity contribution in [2.75, 3.05) is 6.54 Å². The van der Waals surface area contributed by atoms with E-state index in [1.165, 1.54) is 30.9 Å². The van der Waals surface area contributed by atoms with E-state index in [1.807, 2.05) is 0 Å². The van der Waals surface area contributed by atoms with Crippen LogP contribution in [0.5, 0.6) is 0 Å². The fraction of sp³-hybridized carbons (Fsp3) is 0.154. The number of allylic oxidation sites excluding steroid dienone is 3. The van der Waals surface area contributed by atoms with Crippen LogP contribution in [-0.4, -0.2) is 27.1 Å². The van der Waals surface area contributed by atoms with Crippen LogP contribution in [0.1, 0.15) is 0 Å². The zero-order chi connectivity index (χ0) is 15.8. The van der Waals surface area contributed by atoms with Crippen molar-refractivity contribution in [1.29, 1.82) is 0 Å². The number of rotatable bonds is 7. The molecular formula is C13H15F2N5O. The summed E-state index contributed by atoms with van der Waals surface area (Å²) in [6.45, 7) is 6.29. The smallest absolute Gasteiger partial charge is 0.327 e. The van der Waals surface area contributed by atoms with Crippen LogP contribution in [0.25, 0.3) is 5.70 Å². The first-order chi connectivity index (χ1) is 10.0. The summed E-state index contributed by atoms with van der Waals surface area (Å²) in [6.07, 6.45) is 4.94. The molecule has 1 heterocycles. The number of hydrogen-bond donors (Lipinski definition) is 1. The van der Waals surface area contributed by atoms with Crippen LogP contribution in [-0.2, 0) is 6.54 Å². The highest BCUT2D eigenvalue weighted by atomic mass is 19.3. The average molecular weight is 295 g/mol. The van der Waals surface area contributed by atoms with Crippen LogP contribution in [0.2, 0.25) is 0 Å². The Kier molecular flexibility index (Phi) is 6.15. The lowest BCUT2D eigenvalue weighted by Gasteiger charge is -2.02. The third-order valence-corrected chi connectivity index (χ3v) is 2.47. The zero-order valence-corrected chi connectivity index (χ0v) is 11.2. The Morgan fingerprint density at radius 3 is 2.71 bits per heavy atom. The molecule has 1 aromatic heterocycles. The molecule has 0 saturated carbocycles. The SMILES string of the molecule is C=CC=N/C=C(\C=C)n1cnn(CC(CN)=C(F)F)c1=O. The molecule has 0 unspecified atom stereocenters. The van der Waals surface area contributed by atoms with Crippen molar-refractivity contribution in [2.24, 2.45) is 10.7 Å². The summed E-state index contributed by atoms with van der Waals surface area (Å²) in [6, 6.07) is 0. The van der Waals surface area contributed by atoms with Crippen LogP contribution in [0.3, 0.4) is 0 Å². The maximum Gasteiger partial charge on any atom is 0.350 e. The van der Waals surface area contributed by atoms with E-state index in [1.54, 1.807) is 0 Å². The van der Waals surface area contributed by atoms with Crippen molar-refractivity contribution in [1.82, 2.24) is 14.3 Å². The molecule has 1 rings (SSSR count). The molecule has 1 aromatic rings. The van der Waals surface area contributed by atoms with E-state index in [4.69, 9.17) is 5.73 Å². The highest BCUT2D eigenvalue weighted by molar-refractivity contribution is 5.72. The maximum atomic E-state index is 12.5. The third kappa shape index (κ3) is 4.18. The van der Waals surface area contributed by atoms with Crippen molar-refractivity contribution < 1.29 is 8.78 Å². The van der Waals surface area contributed by atoms with Crippen molar-refractivity contribution in [2.45, 2.75) is 6.54 Å². The number of nitrogens with zero attached hydrogens (tertiary/aromatic N) is 4. The molecule has 0 saturated heterocycles. The average Bonchev–Trinajstić information content (AvgIpc) is 2.82. The van der Waals surface area contributed by atoms with E-state index < -0.39 is 11.8 Å². The second kappa shape index (κ2) is 7.85. The topological polar surface area (TPSA) is 78.2 Å². The molecule has 0 bridgehead atoms. The monoisotopic (exact) mass is 295 g/mol. The van der Waals surface area contributed by atoms with Crippen LogP contribution >= 0.6 is 0 Å². The fourth-order valence-corrected chi connectivity index (χ4v) is 1.40. The Morgan fingerprint density at radius 2 is 2.19 bits per heavy atom. The van der Waals surface area contributed by atoms with Gasteiger partial charge in [-0.1, -0.05) is 19.2 Å². The summed E-state index contributed by atoms with van der Waals surface area (Å²) < 4.78 is 27.1. The van der Waals surface area contributed by atoms with E-state index in [0.29, 0.717) is 5.70 Å². The number of nitrogens with two attached hydrogens (primary N) is 1. The molecule has 0 amide bonds. The molecule has 112 valence electrons. The Hall–Kier alpha value is -2.61. The Labute approximate surface area is 119 Å². The van der Waals surface area contributed by atoms with Gasteiger partial charge >= 0.3 is 5.69 Å². The second-order valence-corrected chi connectivity index (χ2v) is 3.80. The molecule has 0 spiro atoms. The van der Waals surface area contributed by atoms with E-state index in [2.05, 4.69) is 23.2 Å². The van der Waals surface area contributed by atoms with Crippen molar-refractivity contribution in [3.05, 3.63) is 60.0 Å². The van der Waals surface area contributed by atoms with Crippen molar-refractivity contribution in [3.8, 4) is 0 Å². The summed E-state index contributed by atoms with van der Waals surface area (Å²) in [5.41, 5.74) is 4.61. The van der Waals surface area contributed by atoms with Crippen molar-refractivity contribution >= 4 is 11.9 Å². The summed E-state index contributed by atoms with van der Waals surface area (Å²) >= 11 is 0. The van der Waals surface area contributed by atoms with Gasteiger partial charge in [-0.15, -0.1) is 0 Å². The first-order valence-electron chi connectivity index (χ1n) is 5.89. The van der Waals surface area contributed by atoms with Gasteiger partial charge < -0.3 is 5.73 Å². The summed E-state index contributed by atoms with van der Waals surface area (Å²) in [5.74, 6) is 0. The van der Waals surface area contributed by atoms with E-state index in [9.17, 15) is 13.6 Å². The Balaban J connectivity index is 3.15. The molecule has 8 heteroatoms. The molecule has 0 aromatic carbocycles. The lowest BCUT2D eigenvalue weighted by molar-refractivity contribution is 0.400. The maximum absolute atomic E-state index is 12.5. The molecule has 0 fully saturated rings. The lowest BCUT2D eigenvalue weighted by atomic mass is 10.3. The lowest BCUT2D eigenvalue weighted by Crippen LogP contribution is -2.26. The molecule has 0 atom stereocenters. The first-order valence-corrected chi connectivity index (χ1v) is 5.89. The number of aromatic nitrogens is 3. The van der Waals surface area contributed by atoms with E-state index in [-0.39, 0.29) is 18.7 Å². The summed E-state index contributed by atoms with van der Waals surface area (Å²) in [7, 11) is 0. The van der Waals surface area contributed by atoms with Gasteiger partial charge in [0.25, 0.3) is 6.08 Å². The van der Waals surface area contributed by atoms with Gasteiger partial charge in [-0.25, -0.2) is 14.0 Å². The predicted octanol–water partition coefficient (Wildman–Crippen LogP) is 1.40. The molecule has 21 heavy (non-hydrogen) atoms. The highest BCUT2D eigenvalue weighted by Gasteiger charge is 2.11. The van der Waals surface area contributed by atoms with E-state index >= 15 is 0 Å². The van der Waals surface area contributed by atoms with Gasteiger partial charge in [0.15, 0.2) is 0 Å². The Morgan fingerprint density at radius 1 is 1.48 bits per heavy atom. The van der Waals surface area contributed by atoms with Crippen LogP contribution in [0.4, 0.5) is 8.78 Å². The van der Waals surface area contributed by atoms with Gasteiger partial charge in [0.2, 0.25) is 0 Å². The van der Waals surface area contributed by atoms with Gasteiger partial charge in [0.05, 0.1) is 18.4 Å². The largest absolute Gasteiger partial charge is 0.350 e. The minimum atomic E-state index is -1.91. The predicted molar refractivity (Wildman–Crippen MR) is 77.9 cm³/mol. The van der Waals surface area contributed by atoms with Gasteiger partial charge in [-0.3, -0.25) is 4.99 Å². The second-order valence-electron chi connectivity index (χ2n) is 3.80. The van der Waals surface area contributed by atoms with Gasteiger partial charge in [0.1, 0.15) is 6.33 Å². The normalized spacial score (nSPS) is 11.7. The van der Waals surface area contributed by atoms with Crippen molar-refractivity contribution in [3.63, 3.8) is 0 Å². The molecule has 6 nitrogen and oxygen atoms in total. The van der Waals surface area contributed by atoms with Gasteiger partial charge in [-0.2, -0.15) is 13.9 Å². The molecule has 0 aliphatic carbocycles. The highest BCUT2D eigenvalue weighted by Crippen LogP contribution is 2.08. The van der Waals surface area contributed by atoms with Gasteiger partial charge in [-0.05, 0) is 6.08 Å². The zero-order valence-electron chi connectivity index (χ0n) is 11.2. The van der Waals surface area contributed by atoms with E-state index in [0.717, 1.165) is 9.25 Å². The molecular weight excluding hydrogens is 280 g/mol. The van der Waals surface area contributed by atoms with Crippen LogP contribution < -0.4 is 11.4 Å². The van der Waals surface area contributed by atoms with Crippen LogP contribution in [0, 0.1) is 0 Å². The standard InChI is InChI=1S/C13H15F2N5O/c1-3-5-17-7-11(4-2)19-9-18-20(13(19)21)8-10(6-16)12(14)15/h3-5,7,9H,1-2,6,8,16H2/b11-7+,17-5?.